The molecule has 0 radical (unpaired) electrons. The van der Waals surface area contributed by atoms with Gasteiger partial charge in [-0.15, -0.1) is 0 Å². The summed E-state index contributed by atoms with van der Waals surface area (Å²) in [6, 6.07) is 13.6. The van der Waals surface area contributed by atoms with Crippen LogP contribution in [0.1, 0.15) is 84.6 Å². The first kappa shape index (κ1) is 80.6. The van der Waals surface area contributed by atoms with E-state index < -0.39 is 88.8 Å². The maximum Gasteiger partial charge on any atom is 0.322 e. The van der Waals surface area contributed by atoms with Crippen LogP contribution in [-0.4, -0.2) is 180 Å². The smallest absolute Gasteiger partial charge is 0.322 e. The lowest BCUT2D eigenvalue weighted by Gasteiger charge is -2.27. The number of urea groups is 4. The summed E-state index contributed by atoms with van der Waals surface area (Å²) in [5.41, 5.74) is 6.39. The van der Waals surface area contributed by atoms with Crippen LogP contribution in [0.3, 0.4) is 0 Å². The fourth-order valence-corrected chi connectivity index (χ4v) is 21.5. The molecule has 0 fully saturated rings. The highest BCUT2D eigenvalue weighted by molar-refractivity contribution is 7.91. The van der Waals surface area contributed by atoms with Gasteiger partial charge in [0.25, 0.3) is 0 Å². The Labute approximate surface area is 657 Å². The molecule has 8 amide bonds. The minimum Gasteiger partial charge on any atom is -0.391 e. The van der Waals surface area contributed by atoms with E-state index in [2.05, 4.69) is 68.0 Å². The zero-order chi connectivity index (χ0) is 81.2. The van der Waals surface area contributed by atoms with Gasteiger partial charge in [-0.05, 0) is 110 Å². The molecule has 12 heterocycles. The lowest BCUT2D eigenvalue weighted by atomic mass is 10.1. The third-order valence-electron chi connectivity index (χ3n) is 20.4. The van der Waals surface area contributed by atoms with E-state index in [0.717, 1.165) is 70.8 Å². The number of sulfone groups is 2. The summed E-state index contributed by atoms with van der Waals surface area (Å²) >= 11 is 0. The van der Waals surface area contributed by atoms with Crippen molar-refractivity contribution in [1.29, 1.82) is 0 Å². The molecule has 4 aromatic heterocycles. The second-order valence-corrected chi connectivity index (χ2v) is 35.5. The number of aromatic nitrogens is 8. The van der Waals surface area contributed by atoms with Crippen molar-refractivity contribution in [2.75, 3.05) is 70.5 Å². The average Bonchev–Trinajstić information content (AvgIpc) is 1.62. The number of fused-ring (bicyclic) bond motifs is 12. The molecule has 114 heavy (non-hydrogen) atoms. The van der Waals surface area contributed by atoms with Gasteiger partial charge in [0.05, 0.1) is 134 Å². The zero-order valence-electron chi connectivity index (χ0n) is 61.5. The number of nitrogens with zero attached hydrogens (tertiary/aromatic N) is 16. The molecular formula is C74H76F4N20O12S4. The number of hydrogen-bond donors (Lipinski definition) is 6. The first-order valence-corrected chi connectivity index (χ1v) is 42.3. The lowest BCUT2D eigenvalue weighted by Crippen LogP contribution is -2.39. The summed E-state index contributed by atoms with van der Waals surface area (Å²) in [7, 11) is -9.51. The largest absolute Gasteiger partial charge is 0.391 e. The number of halogens is 4. The number of carbonyl (C=O) groups excluding carboxylic acids is 4. The molecule has 6 unspecified atom stereocenters. The van der Waals surface area contributed by atoms with Crippen LogP contribution in [0.2, 0.25) is 0 Å². The second-order valence-electron chi connectivity index (χ2n) is 28.6. The number of carbonyl (C=O) groups is 4. The van der Waals surface area contributed by atoms with Crippen LogP contribution in [-0.2, 0) is 119 Å². The average molecular weight is 1640 g/mol. The SMILES string of the molecule is [C-]#[N+]c1cc(NC(=O)N2CCc3nn4c(c3C2)S(=O)(=O)CC(C)CC4)ccc1F.[C-]#[N+]c1cc(NC(=O)N2CCc3nn4c(c3C2)S(=O)(=O)CCC(O)C4)ccc1F.[C-]#[N+]c1cc(NC(=O)N2CCc3nn4c(c3C2)S(=O)CC(C)CC4)ccc1F.[C-]#[N+]c1cc(NC(=O)N2CCc3nn4c(c3C2)S(=O)CCC(O)C4)ccc1F. The van der Waals surface area contributed by atoms with Gasteiger partial charge in [-0.25, -0.2) is 73.0 Å². The molecule has 8 aliphatic rings. The van der Waals surface area contributed by atoms with Gasteiger partial charge < -0.3 is 51.1 Å². The summed E-state index contributed by atoms with van der Waals surface area (Å²) in [6.07, 6.45) is 2.86. The fourth-order valence-electron chi connectivity index (χ4n) is 14.5. The Morgan fingerprint density at radius 3 is 1.22 bits per heavy atom. The van der Waals surface area contributed by atoms with Crippen LogP contribution < -0.4 is 21.3 Å². The molecule has 6 atom stereocenters. The van der Waals surface area contributed by atoms with Crippen molar-refractivity contribution in [2.24, 2.45) is 11.8 Å². The van der Waals surface area contributed by atoms with Crippen molar-refractivity contribution in [2.45, 2.75) is 150 Å². The van der Waals surface area contributed by atoms with E-state index in [-0.39, 0.29) is 101 Å². The van der Waals surface area contributed by atoms with Crippen LogP contribution in [0.4, 0.5) is 82.2 Å². The predicted octanol–water partition coefficient (Wildman–Crippen LogP) is 10.0. The molecule has 8 aromatic rings. The summed E-state index contributed by atoms with van der Waals surface area (Å²) in [5, 5.41) is 50.2. The molecule has 0 bridgehead atoms. The minimum absolute atomic E-state index is 0.0514. The molecule has 0 spiro atoms. The van der Waals surface area contributed by atoms with Crippen LogP contribution in [0.5, 0.6) is 0 Å². The maximum absolute atomic E-state index is 13.5. The predicted molar refractivity (Wildman–Crippen MR) is 408 cm³/mol. The van der Waals surface area contributed by atoms with E-state index in [1.165, 1.54) is 69.1 Å². The van der Waals surface area contributed by atoms with E-state index in [0.29, 0.717) is 134 Å². The van der Waals surface area contributed by atoms with Gasteiger partial charge in [0.2, 0.25) is 22.7 Å². The molecule has 4 aromatic carbocycles. The number of amides is 8. The van der Waals surface area contributed by atoms with E-state index in [1.54, 1.807) is 19.2 Å². The molecule has 0 aliphatic carbocycles. The van der Waals surface area contributed by atoms with Crippen molar-refractivity contribution in [3.8, 4) is 0 Å². The van der Waals surface area contributed by atoms with Gasteiger partial charge in [0.15, 0.2) is 29.7 Å². The Morgan fingerprint density at radius 2 is 0.789 bits per heavy atom. The Morgan fingerprint density at radius 1 is 0.447 bits per heavy atom. The van der Waals surface area contributed by atoms with Crippen LogP contribution in [0.25, 0.3) is 19.4 Å². The molecule has 0 saturated carbocycles. The Kier molecular flexibility index (Phi) is 23.9. The van der Waals surface area contributed by atoms with Crippen LogP contribution in [0.15, 0.2) is 92.9 Å². The number of anilines is 4. The van der Waals surface area contributed by atoms with E-state index in [4.69, 9.17) is 26.3 Å². The van der Waals surface area contributed by atoms with Crippen molar-refractivity contribution in [3.63, 3.8) is 0 Å². The van der Waals surface area contributed by atoms with E-state index in [1.807, 2.05) is 11.6 Å². The summed E-state index contributed by atoms with van der Waals surface area (Å²) in [5.74, 6) is -1.28. The van der Waals surface area contributed by atoms with Crippen molar-refractivity contribution >= 4 is 111 Å². The number of nitrogens with one attached hydrogen (secondary N) is 4. The summed E-state index contributed by atoms with van der Waals surface area (Å²) < 4.78 is 137. The molecule has 40 heteroatoms. The van der Waals surface area contributed by atoms with Crippen LogP contribution in [0, 0.1) is 61.4 Å². The molecule has 0 saturated heterocycles. The Balaban J connectivity index is 0.000000133. The molecule has 32 nitrogen and oxygen atoms in total. The van der Waals surface area contributed by atoms with E-state index >= 15 is 0 Å². The monoisotopic (exact) mass is 1640 g/mol. The molecule has 6 N–H and O–H groups in total. The fraction of sp³-hybridized carbons (Fsp3) is 0.405. The van der Waals surface area contributed by atoms with Gasteiger partial charge in [-0.2, -0.15) is 20.4 Å². The quantitative estimate of drug-likeness (QED) is 0.0704. The van der Waals surface area contributed by atoms with Gasteiger partial charge in [0.1, 0.15) is 33.3 Å². The first-order chi connectivity index (χ1) is 54.5. The Hall–Kier alpha value is -11.4. The molecule has 596 valence electrons. The van der Waals surface area contributed by atoms with Gasteiger partial charge >= 0.3 is 24.1 Å². The van der Waals surface area contributed by atoms with Crippen molar-refractivity contribution in [1.82, 2.24) is 58.7 Å². The third-order valence-corrected chi connectivity index (χ3v) is 27.5. The highest BCUT2D eigenvalue weighted by Crippen LogP contribution is 2.37. The second kappa shape index (κ2) is 33.7. The highest BCUT2D eigenvalue weighted by atomic mass is 32.2. The molecule has 8 aliphatic heterocycles. The van der Waals surface area contributed by atoms with Crippen molar-refractivity contribution in [3.05, 3.63) is 187 Å². The number of rotatable bonds is 4. The number of benzene rings is 4. The Bertz CT molecular complexity index is 5670. The van der Waals surface area contributed by atoms with Crippen molar-refractivity contribution < 1.29 is 72.2 Å². The third kappa shape index (κ3) is 17.5. The molecule has 16 rings (SSSR count). The normalized spacial score (nSPS) is 20.7. The van der Waals surface area contributed by atoms with Crippen LogP contribution >= 0.6 is 0 Å². The highest BCUT2D eigenvalue weighted by Gasteiger charge is 2.40. The number of aliphatic hydroxyl groups is 2. The lowest BCUT2D eigenvalue weighted by molar-refractivity contribution is 0.144. The molecular weight excluding hydrogens is 1570 g/mol. The maximum atomic E-state index is 13.5. The number of aryl methyl sites for hydroxylation is 2. The number of hydrogen-bond acceptors (Lipinski definition) is 16. The zero-order valence-corrected chi connectivity index (χ0v) is 64.8. The summed E-state index contributed by atoms with van der Waals surface area (Å²) in [6.45, 7) is 36.0. The van der Waals surface area contributed by atoms with E-state index in [9.17, 15) is 72.2 Å². The standard InChI is InChI=1S/C19H20FN5O3S.C19H20FN5O2S.C18H18FN5O4S.C18H18FN5O3S/c1-12-5-8-25-18(29(27,28)11-12)14-10-24(7-6-16(14)23-25)19(26)22-13-3-4-15(20)17(9-13)21-2;1-12-5-8-25-18(28(27)11-12)14-10-24(7-6-16(14)23-25)19(26)22-13-3-4-15(20)17(9-13)21-2;1-20-16-8-11(2-3-14(16)19)21-18(26)23-6-4-15-13(10-23)17-24(22-15)9-12(25)5-7-29(17,27)28;1-20-16-8-11(2-3-14(16)19)21-18(26)23-6-4-15-13(10-23)17-24(22-15)9-12(25)5-7-28(17)27/h3-4,9,12H,5-8,10-11H2,1H3,(H,22,26);3-4,9,12H,5-8,10-11H2,1H3,(H,22,26);2-3,8,12,25H,4-7,9-10H2,(H,21,26);2-3,8,12,25H,4-7,9-10H2,(H,21,26). The van der Waals surface area contributed by atoms with Gasteiger partial charge in [-0.1, -0.05) is 13.8 Å². The minimum atomic E-state index is -3.62. The topological polar surface area (TPSA) is 361 Å². The number of aliphatic hydroxyl groups excluding tert-OH is 2. The van der Waals surface area contributed by atoms with Gasteiger partial charge in [-0.3, -0.25) is 27.1 Å². The summed E-state index contributed by atoms with van der Waals surface area (Å²) in [4.78, 5) is 69.2. The first-order valence-electron chi connectivity index (χ1n) is 36.3. The van der Waals surface area contributed by atoms with Gasteiger partial charge in [0, 0.05) is 121 Å².